The molecule has 3 heterocycles. The smallest absolute Gasteiger partial charge is 0.270 e. The largest absolute Gasteiger partial charge is 0.342 e. The first-order valence-electron chi connectivity index (χ1n) is 8.85. The van der Waals surface area contributed by atoms with E-state index in [4.69, 9.17) is 0 Å². The van der Waals surface area contributed by atoms with Gasteiger partial charge in [-0.25, -0.2) is 0 Å². The van der Waals surface area contributed by atoms with E-state index in [2.05, 4.69) is 22.5 Å². The quantitative estimate of drug-likeness (QED) is 0.858. The molecule has 1 aromatic heterocycles. The van der Waals surface area contributed by atoms with Gasteiger partial charge in [0.25, 0.3) is 5.91 Å². The highest BCUT2D eigenvalue weighted by atomic mass is 16.2. The first-order chi connectivity index (χ1) is 10.7. The van der Waals surface area contributed by atoms with Crippen LogP contribution in [0.4, 0.5) is 0 Å². The number of nitrogens with zero attached hydrogens (tertiary/aromatic N) is 3. The highest BCUT2D eigenvalue weighted by Crippen LogP contribution is 2.21. The van der Waals surface area contributed by atoms with Crippen LogP contribution in [0.5, 0.6) is 0 Å². The normalized spacial score (nSPS) is 23.7. The third-order valence-corrected chi connectivity index (χ3v) is 5.39. The molecule has 1 aromatic rings. The Hall–Kier alpha value is -1.29. The summed E-state index contributed by atoms with van der Waals surface area (Å²) in [6.45, 7) is 6.31. The molecule has 0 bridgehead atoms. The van der Waals surface area contributed by atoms with Gasteiger partial charge in [-0.05, 0) is 57.7 Å². The maximum atomic E-state index is 12.7. The number of hydrogen-bond donors (Lipinski definition) is 0. The third-order valence-electron chi connectivity index (χ3n) is 5.39. The fourth-order valence-corrected chi connectivity index (χ4v) is 3.79. The molecule has 3 rings (SSSR count). The van der Waals surface area contributed by atoms with E-state index in [0.717, 1.165) is 38.2 Å². The average molecular weight is 303 g/mol. The molecule has 0 N–H and O–H groups in total. The molecule has 0 saturated carbocycles. The molecule has 1 unspecified atom stereocenters. The summed E-state index contributed by atoms with van der Waals surface area (Å²) < 4.78 is 2.11. The van der Waals surface area contributed by atoms with Crippen molar-refractivity contribution >= 4 is 5.91 Å². The maximum Gasteiger partial charge on any atom is 0.270 e. The zero-order chi connectivity index (χ0) is 15.5. The van der Waals surface area contributed by atoms with Crippen LogP contribution in [0, 0.1) is 0 Å². The minimum atomic E-state index is 0.208. The van der Waals surface area contributed by atoms with Crippen LogP contribution in [0.15, 0.2) is 12.1 Å². The third kappa shape index (κ3) is 3.22. The predicted octanol–water partition coefficient (Wildman–Crippen LogP) is 3.03. The Morgan fingerprint density at radius 3 is 2.55 bits per heavy atom. The molecule has 2 saturated heterocycles. The van der Waals surface area contributed by atoms with Crippen molar-refractivity contribution in [3.05, 3.63) is 23.5 Å². The first kappa shape index (κ1) is 15.6. The molecule has 0 spiro atoms. The zero-order valence-electron chi connectivity index (χ0n) is 14.1. The van der Waals surface area contributed by atoms with E-state index in [-0.39, 0.29) is 5.91 Å². The minimum Gasteiger partial charge on any atom is -0.342 e. The standard InChI is InChI=1S/C18H29N3O/c1-15-8-4-7-13-21(15)14-16-9-10-17(19(16)2)18(22)20-11-5-3-6-12-20/h9-10,15H,3-8,11-14H2,1-2H3. The summed E-state index contributed by atoms with van der Waals surface area (Å²) in [5.74, 6) is 0.208. The van der Waals surface area contributed by atoms with Gasteiger partial charge in [0.15, 0.2) is 0 Å². The second-order valence-electron chi connectivity index (χ2n) is 6.94. The molecule has 2 aliphatic rings. The number of rotatable bonds is 3. The molecule has 4 heteroatoms. The van der Waals surface area contributed by atoms with E-state index in [9.17, 15) is 4.79 Å². The summed E-state index contributed by atoms with van der Waals surface area (Å²) in [5, 5.41) is 0. The van der Waals surface area contributed by atoms with Crippen molar-refractivity contribution in [2.24, 2.45) is 7.05 Å². The van der Waals surface area contributed by atoms with E-state index in [1.807, 2.05) is 18.0 Å². The SMILES string of the molecule is CC1CCCCN1Cc1ccc(C(=O)N2CCCCC2)n1C. The lowest BCUT2D eigenvalue weighted by Gasteiger charge is -2.33. The lowest BCUT2D eigenvalue weighted by molar-refractivity contribution is 0.0713. The maximum absolute atomic E-state index is 12.7. The van der Waals surface area contributed by atoms with Crippen molar-refractivity contribution in [2.45, 2.75) is 58.0 Å². The van der Waals surface area contributed by atoms with Gasteiger partial charge in [-0.15, -0.1) is 0 Å². The molecule has 2 fully saturated rings. The van der Waals surface area contributed by atoms with Gasteiger partial charge in [0.05, 0.1) is 0 Å². The number of amides is 1. The lowest BCUT2D eigenvalue weighted by Crippen LogP contribution is -2.38. The number of carbonyl (C=O) groups is 1. The van der Waals surface area contributed by atoms with Crippen molar-refractivity contribution in [1.29, 1.82) is 0 Å². The molecule has 1 amide bonds. The molecule has 2 aliphatic heterocycles. The summed E-state index contributed by atoms with van der Waals surface area (Å²) in [6, 6.07) is 4.81. The Balaban J connectivity index is 1.69. The number of likely N-dealkylation sites (tertiary alicyclic amines) is 2. The Labute approximate surface area is 134 Å². The summed E-state index contributed by atoms with van der Waals surface area (Å²) in [7, 11) is 2.04. The molecule has 4 nitrogen and oxygen atoms in total. The lowest BCUT2D eigenvalue weighted by atomic mass is 10.0. The molecule has 0 aromatic carbocycles. The number of hydrogen-bond acceptors (Lipinski definition) is 2. The van der Waals surface area contributed by atoms with E-state index in [0.29, 0.717) is 6.04 Å². The van der Waals surface area contributed by atoms with Crippen molar-refractivity contribution in [3.63, 3.8) is 0 Å². The Bertz CT molecular complexity index is 516. The van der Waals surface area contributed by atoms with Crippen LogP contribution < -0.4 is 0 Å². The van der Waals surface area contributed by atoms with Crippen LogP contribution in [0.1, 0.15) is 61.6 Å². The van der Waals surface area contributed by atoms with Crippen LogP contribution in [0.2, 0.25) is 0 Å². The number of aromatic nitrogens is 1. The molecule has 0 aliphatic carbocycles. The fourth-order valence-electron chi connectivity index (χ4n) is 3.79. The minimum absolute atomic E-state index is 0.208. The predicted molar refractivity (Wildman–Crippen MR) is 88.9 cm³/mol. The Morgan fingerprint density at radius 2 is 1.82 bits per heavy atom. The van der Waals surface area contributed by atoms with Gasteiger partial charge in [-0.2, -0.15) is 0 Å². The van der Waals surface area contributed by atoms with E-state index in [1.54, 1.807) is 0 Å². The van der Waals surface area contributed by atoms with Crippen molar-refractivity contribution in [1.82, 2.24) is 14.4 Å². The monoisotopic (exact) mass is 303 g/mol. The van der Waals surface area contributed by atoms with Crippen LogP contribution in [-0.2, 0) is 13.6 Å². The van der Waals surface area contributed by atoms with Gasteiger partial charge < -0.3 is 9.47 Å². The van der Waals surface area contributed by atoms with Gasteiger partial charge >= 0.3 is 0 Å². The molecule has 22 heavy (non-hydrogen) atoms. The molecule has 0 radical (unpaired) electrons. The molecule has 1 atom stereocenters. The summed E-state index contributed by atoms with van der Waals surface area (Å²) in [4.78, 5) is 17.3. The number of carbonyl (C=O) groups excluding carboxylic acids is 1. The van der Waals surface area contributed by atoms with Gasteiger partial charge in [-0.1, -0.05) is 6.42 Å². The topological polar surface area (TPSA) is 28.5 Å². The van der Waals surface area contributed by atoms with Crippen LogP contribution in [-0.4, -0.2) is 46.0 Å². The van der Waals surface area contributed by atoms with Gasteiger partial charge in [0.1, 0.15) is 5.69 Å². The van der Waals surface area contributed by atoms with Gasteiger partial charge in [-0.3, -0.25) is 9.69 Å². The second-order valence-corrected chi connectivity index (χ2v) is 6.94. The summed E-state index contributed by atoms with van der Waals surface area (Å²) >= 11 is 0. The first-order valence-corrected chi connectivity index (χ1v) is 8.85. The van der Waals surface area contributed by atoms with Crippen LogP contribution >= 0.6 is 0 Å². The molecular weight excluding hydrogens is 274 g/mol. The number of piperidine rings is 2. The Kier molecular flexibility index (Phi) is 4.87. The summed E-state index contributed by atoms with van der Waals surface area (Å²) in [6.07, 6.45) is 7.50. The molecular formula is C18H29N3O. The van der Waals surface area contributed by atoms with Crippen molar-refractivity contribution < 1.29 is 4.79 Å². The van der Waals surface area contributed by atoms with Gasteiger partial charge in [0, 0.05) is 38.4 Å². The van der Waals surface area contributed by atoms with Crippen LogP contribution in [0.25, 0.3) is 0 Å². The van der Waals surface area contributed by atoms with Gasteiger partial charge in [0.2, 0.25) is 0 Å². The zero-order valence-corrected chi connectivity index (χ0v) is 14.1. The highest BCUT2D eigenvalue weighted by Gasteiger charge is 2.23. The van der Waals surface area contributed by atoms with Crippen molar-refractivity contribution in [3.8, 4) is 0 Å². The van der Waals surface area contributed by atoms with Crippen molar-refractivity contribution in [2.75, 3.05) is 19.6 Å². The summed E-state index contributed by atoms with van der Waals surface area (Å²) in [5.41, 5.74) is 2.11. The van der Waals surface area contributed by atoms with Crippen LogP contribution in [0.3, 0.4) is 0 Å². The molecule has 122 valence electrons. The van der Waals surface area contributed by atoms with E-state index >= 15 is 0 Å². The second kappa shape index (κ2) is 6.86. The van der Waals surface area contributed by atoms with E-state index in [1.165, 1.54) is 37.9 Å². The highest BCUT2D eigenvalue weighted by molar-refractivity contribution is 5.93. The van der Waals surface area contributed by atoms with E-state index < -0.39 is 0 Å². The average Bonchev–Trinajstić information content (AvgIpc) is 2.91. The fraction of sp³-hybridized carbons (Fsp3) is 0.722. The Morgan fingerprint density at radius 1 is 1.09 bits per heavy atom.